The third-order valence-corrected chi connectivity index (χ3v) is 6.38. The smallest absolute Gasteiger partial charge is 0.247 e. The Hall–Kier alpha value is -4.31. The van der Waals surface area contributed by atoms with Crippen LogP contribution in [0.2, 0.25) is 0 Å². The molecule has 4 aromatic heterocycles. The third kappa shape index (κ3) is 3.95. The van der Waals surface area contributed by atoms with Crippen molar-refractivity contribution in [2.24, 2.45) is 0 Å². The maximum atomic E-state index is 13.2. The minimum atomic E-state index is -0.203. The van der Waals surface area contributed by atoms with Crippen molar-refractivity contribution >= 4 is 34.0 Å². The number of carbonyl (C=O) groups is 1. The Labute approximate surface area is 206 Å². The van der Waals surface area contributed by atoms with E-state index in [-0.39, 0.29) is 12.0 Å². The molecule has 1 N–H and O–H groups in total. The summed E-state index contributed by atoms with van der Waals surface area (Å²) in [5.74, 6) is 0.558. The molecule has 1 saturated heterocycles. The SMILES string of the molecule is COc1cc(C(=O)c2cccc3nc(Nc4ccc5c(C)nn(C6CCCCO6)c5c4)nn23)ccn1. The predicted octanol–water partition coefficient (Wildman–Crippen LogP) is 4.46. The van der Waals surface area contributed by atoms with Crippen molar-refractivity contribution in [3.8, 4) is 5.88 Å². The molecule has 0 radical (unpaired) electrons. The zero-order valence-electron chi connectivity index (χ0n) is 20.0. The lowest BCUT2D eigenvalue weighted by molar-refractivity contribution is -0.0368. The van der Waals surface area contributed by atoms with E-state index in [2.05, 4.69) is 20.4 Å². The average Bonchev–Trinajstić information content (AvgIpc) is 3.48. The van der Waals surface area contributed by atoms with E-state index in [1.165, 1.54) is 7.11 Å². The number of aromatic nitrogens is 6. The summed E-state index contributed by atoms with van der Waals surface area (Å²) in [7, 11) is 1.51. The number of pyridine rings is 2. The van der Waals surface area contributed by atoms with E-state index in [4.69, 9.17) is 14.6 Å². The number of ketones is 1. The first-order chi connectivity index (χ1) is 17.6. The second kappa shape index (κ2) is 9.04. The first-order valence-electron chi connectivity index (χ1n) is 11.9. The van der Waals surface area contributed by atoms with Gasteiger partial charge < -0.3 is 14.8 Å². The molecule has 5 heterocycles. The number of anilines is 2. The fraction of sp³-hybridized carbons (Fsp3) is 0.269. The van der Waals surface area contributed by atoms with Crippen LogP contribution < -0.4 is 10.1 Å². The molecule has 1 aliphatic heterocycles. The zero-order chi connectivity index (χ0) is 24.6. The van der Waals surface area contributed by atoms with Crippen LogP contribution in [0.15, 0.2) is 54.7 Å². The van der Waals surface area contributed by atoms with Crippen molar-refractivity contribution in [1.29, 1.82) is 0 Å². The molecule has 1 atom stereocenters. The lowest BCUT2D eigenvalue weighted by Crippen LogP contribution is -2.19. The molecule has 0 saturated carbocycles. The molecule has 5 aromatic rings. The van der Waals surface area contributed by atoms with Crippen LogP contribution in [0.3, 0.4) is 0 Å². The van der Waals surface area contributed by atoms with E-state index in [0.29, 0.717) is 28.7 Å². The van der Waals surface area contributed by atoms with Gasteiger partial charge in [-0.3, -0.25) is 4.79 Å². The Kier molecular flexibility index (Phi) is 5.57. The molecule has 6 rings (SSSR count). The summed E-state index contributed by atoms with van der Waals surface area (Å²) < 4.78 is 14.7. The van der Waals surface area contributed by atoms with Gasteiger partial charge in [0.25, 0.3) is 0 Å². The first kappa shape index (κ1) is 22.2. The van der Waals surface area contributed by atoms with Gasteiger partial charge in [-0.05, 0) is 62.6 Å². The largest absolute Gasteiger partial charge is 0.481 e. The van der Waals surface area contributed by atoms with E-state index in [9.17, 15) is 4.79 Å². The predicted molar refractivity (Wildman–Crippen MR) is 134 cm³/mol. The number of hydrogen-bond donors (Lipinski definition) is 1. The first-order valence-corrected chi connectivity index (χ1v) is 11.9. The van der Waals surface area contributed by atoms with Crippen molar-refractivity contribution in [1.82, 2.24) is 29.4 Å². The fourth-order valence-electron chi connectivity index (χ4n) is 4.58. The molecule has 1 aromatic carbocycles. The number of nitrogens with one attached hydrogen (secondary N) is 1. The van der Waals surface area contributed by atoms with Gasteiger partial charge in [-0.15, -0.1) is 5.10 Å². The zero-order valence-corrected chi connectivity index (χ0v) is 20.0. The third-order valence-electron chi connectivity index (χ3n) is 6.38. The Balaban J connectivity index is 1.33. The van der Waals surface area contributed by atoms with Crippen molar-refractivity contribution < 1.29 is 14.3 Å². The van der Waals surface area contributed by atoms with Crippen LogP contribution in [0, 0.1) is 6.92 Å². The minimum Gasteiger partial charge on any atom is -0.481 e. The van der Waals surface area contributed by atoms with Crippen molar-refractivity contribution in [3.63, 3.8) is 0 Å². The molecule has 10 heteroatoms. The quantitative estimate of drug-likeness (QED) is 0.353. The van der Waals surface area contributed by atoms with E-state index in [1.54, 1.807) is 35.0 Å². The van der Waals surface area contributed by atoms with Crippen LogP contribution in [0.5, 0.6) is 5.88 Å². The van der Waals surface area contributed by atoms with Crippen LogP contribution in [-0.2, 0) is 4.74 Å². The van der Waals surface area contributed by atoms with Gasteiger partial charge in [0, 0.05) is 35.5 Å². The maximum absolute atomic E-state index is 13.2. The molecule has 1 aliphatic rings. The number of rotatable bonds is 6. The highest BCUT2D eigenvalue weighted by atomic mass is 16.5. The number of fused-ring (bicyclic) bond motifs is 2. The van der Waals surface area contributed by atoms with E-state index in [1.807, 2.05) is 35.9 Å². The van der Waals surface area contributed by atoms with Crippen LogP contribution in [-0.4, -0.2) is 48.9 Å². The van der Waals surface area contributed by atoms with Gasteiger partial charge in [-0.2, -0.15) is 10.1 Å². The van der Waals surface area contributed by atoms with E-state index >= 15 is 0 Å². The molecule has 36 heavy (non-hydrogen) atoms. The molecular weight excluding hydrogens is 458 g/mol. The molecule has 10 nitrogen and oxygen atoms in total. The second-order valence-corrected chi connectivity index (χ2v) is 8.74. The number of carbonyl (C=O) groups excluding carboxylic acids is 1. The Morgan fingerprint density at radius 2 is 2.06 bits per heavy atom. The fourth-order valence-corrected chi connectivity index (χ4v) is 4.58. The average molecular weight is 484 g/mol. The highest BCUT2D eigenvalue weighted by molar-refractivity contribution is 6.08. The number of benzene rings is 1. The van der Waals surface area contributed by atoms with Gasteiger partial charge in [-0.25, -0.2) is 14.2 Å². The summed E-state index contributed by atoms with van der Waals surface area (Å²) in [4.78, 5) is 21.9. The molecule has 1 unspecified atom stereocenters. The second-order valence-electron chi connectivity index (χ2n) is 8.74. The maximum Gasteiger partial charge on any atom is 0.247 e. The number of aryl methyl sites for hydroxylation is 1. The van der Waals surface area contributed by atoms with Crippen molar-refractivity contribution in [2.45, 2.75) is 32.4 Å². The number of nitrogens with zero attached hydrogens (tertiary/aromatic N) is 6. The summed E-state index contributed by atoms with van der Waals surface area (Å²) in [6.07, 6.45) is 4.64. The molecular formula is C26H25N7O3. The molecule has 0 aliphatic carbocycles. The highest BCUT2D eigenvalue weighted by Crippen LogP contribution is 2.30. The summed E-state index contributed by atoms with van der Waals surface area (Å²) in [5, 5.41) is 13.7. The van der Waals surface area contributed by atoms with Crippen LogP contribution in [0.25, 0.3) is 16.6 Å². The van der Waals surface area contributed by atoms with Gasteiger partial charge in [0.05, 0.1) is 18.3 Å². The summed E-state index contributed by atoms with van der Waals surface area (Å²) >= 11 is 0. The minimum absolute atomic E-state index is 0.0566. The van der Waals surface area contributed by atoms with Gasteiger partial charge in [0.15, 0.2) is 11.9 Å². The van der Waals surface area contributed by atoms with Crippen LogP contribution >= 0.6 is 0 Å². The molecule has 0 amide bonds. The molecule has 0 bridgehead atoms. The van der Waals surface area contributed by atoms with Crippen LogP contribution in [0.1, 0.15) is 47.2 Å². The summed E-state index contributed by atoms with van der Waals surface area (Å²) in [5.41, 5.74) is 4.19. The summed E-state index contributed by atoms with van der Waals surface area (Å²) in [6, 6.07) is 14.6. The van der Waals surface area contributed by atoms with Gasteiger partial charge in [0.1, 0.15) is 5.69 Å². The molecule has 1 fully saturated rings. The lowest BCUT2D eigenvalue weighted by atomic mass is 10.1. The van der Waals surface area contributed by atoms with Crippen LogP contribution in [0.4, 0.5) is 11.6 Å². The standard InChI is InChI=1S/C26H25N7O3/c1-16-19-10-9-18(15-21(19)33(30-16)24-8-3-4-13-36-24)28-26-29-22-7-5-6-20(32(22)31-26)25(34)17-11-12-27-23(14-17)35-2/h5-7,9-12,14-15,24H,3-4,8,13H2,1-2H3,(H,28,31). The highest BCUT2D eigenvalue weighted by Gasteiger charge is 2.21. The van der Waals surface area contributed by atoms with Gasteiger partial charge >= 0.3 is 0 Å². The number of ether oxygens (including phenoxy) is 2. The molecule has 182 valence electrons. The Morgan fingerprint density at radius 1 is 1.14 bits per heavy atom. The van der Waals surface area contributed by atoms with Crippen molar-refractivity contribution in [3.05, 3.63) is 71.7 Å². The number of methoxy groups -OCH3 is 1. The lowest BCUT2D eigenvalue weighted by Gasteiger charge is -2.23. The van der Waals surface area contributed by atoms with Gasteiger partial charge in [-0.1, -0.05) is 6.07 Å². The Bertz CT molecular complexity index is 1580. The van der Waals surface area contributed by atoms with Crippen molar-refractivity contribution in [2.75, 3.05) is 19.0 Å². The number of hydrogen-bond acceptors (Lipinski definition) is 8. The summed E-state index contributed by atoms with van der Waals surface area (Å²) in [6.45, 7) is 2.76. The van der Waals surface area contributed by atoms with Gasteiger partial charge in [0.2, 0.25) is 17.6 Å². The van der Waals surface area contributed by atoms with E-state index < -0.39 is 0 Å². The van der Waals surface area contributed by atoms with E-state index in [0.717, 1.165) is 48.2 Å². The monoisotopic (exact) mass is 483 g/mol. The Morgan fingerprint density at radius 3 is 2.89 bits per heavy atom. The molecule has 0 spiro atoms. The normalized spacial score (nSPS) is 15.9. The topological polar surface area (TPSA) is 108 Å².